The van der Waals surface area contributed by atoms with Gasteiger partial charge in [-0.1, -0.05) is 16.8 Å². The summed E-state index contributed by atoms with van der Waals surface area (Å²) in [5.41, 5.74) is 1.63. The minimum atomic E-state index is -0.0419. The highest BCUT2D eigenvalue weighted by Crippen LogP contribution is 2.37. The van der Waals surface area contributed by atoms with Crippen molar-refractivity contribution >= 4 is 17.5 Å². The van der Waals surface area contributed by atoms with Gasteiger partial charge in [-0.3, -0.25) is 4.79 Å². The molecule has 1 aromatic heterocycles. The molecule has 2 saturated heterocycles. The van der Waals surface area contributed by atoms with Gasteiger partial charge in [-0.15, -0.1) is 0 Å². The number of rotatable bonds is 2. The highest BCUT2D eigenvalue weighted by Gasteiger charge is 2.38. The third kappa shape index (κ3) is 2.94. The lowest BCUT2D eigenvalue weighted by Gasteiger charge is -2.38. The lowest BCUT2D eigenvalue weighted by molar-refractivity contribution is 0.0598. The predicted octanol–water partition coefficient (Wildman–Crippen LogP) is 3.21. The Morgan fingerprint density at radius 3 is 2.62 bits per heavy atom. The lowest BCUT2D eigenvalue weighted by atomic mass is 9.78. The number of carbonyl (C=O) groups is 1. The molecule has 2 aliphatic rings. The summed E-state index contributed by atoms with van der Waals surface area (Å²) in [6, 6.07) is 9.01. The molecule has 3 heterocycles. The zero-order chi connectivity index (χ0) is 16.6. The predicted molar refractivity (Wildman–Crippen MR) is 92.0 cm³/mol. The Labute approximate surface area is 146 Å². The Balaban J connectivity index is 1.45. The van der Waals surface area contributed by atoms with Gasteiger partial charge in [-0.05, 0) is 55.5 Å². The largest absolute Gasteiger partial charge is 0.355 e. The van der Waals surface area contributed by atoms with E-state index in [0.29, 0.717) is 21.9 Å². The van der Waals surface area contributed by atoms with E-state index in [9.17, 15) is 4.79 Å². The monoisotopic (exact) mass is 345 g/mol. The van der Waals surface area contributed by atoms with Crippen molar-refractivity contribution in [3.05, 3.63) is 41.0 Å². The molecule has 0 radical (unpaired) electrons. The van der Waals surface area contributed by atoms with Crippen LogP contribution in [0, 0.1) is 5.41 Å². The van der Waals surface area contributed by atoms with Crippen LogP contribution in [0.1, 0.15) is 29.8 Å². The zero-order valence-corrected chi connectivity index (χ0v) is 14.2. The molecule has 6 heteroatoms. The highest BCUT2D eigenvalue weighted by molar-refractivity contribution is 6.30. The van der Waals surface area contributed by atoms with Gasteiger partial charge in [0.25, 0.3) is 5.91 Å². The van der Waals surface area contributed by atoms with Crippen molar-refractivity contribution in [2.45, 2.75) is 19.3 Å². The van der Waals surface area contributed by atoms with Gasteiger partial charge in [0.1, 0.15) is 0 Å². The molecule has 0 aliphatic carbocycles. The molecule has 1 N–H and O–H groups in total. The lowest BCUT2D eigenvalue weighted by Crippen LogP contribution is -2.44. The number of hydrogen-bond donors (Lipinski definition) is 1. The van der Waals surface area contributed by atoms with Gasteiger partial charge in [-0.2, -0.15) is 0 Å². The first-order valence-electron chi connectivity index (χ1n) is 8.38. The van der Waals surface area contributed by atoms with Crippen LogP contribution in [-0.2, 0) is 0 Å². The quantitative estimate of drug-likeness (QED) is 0.908. The number of nitrogens with one attached hydrogen (secondary N) is 1. The second-order valence-corrected chi connectivity index (χ2v) is 7.24. The van der Waals surface area contributed by atoms with Gasteiger partial charge >= 0.3 is 0 Å². The molecular formula is C18H20ClN3O2. The summed E-state index contributed by atoms with van der Waals surface area (Å²) >= 11 is 5.90. The Morgan fingerprint density at radius 2 is 1.96 bits per heavy atom. The number of nitrogens with zero attached hydrogens (tertiary/aromatic N) is 2. The molecule has 0 saturated carbocycles. The van der Waals surface area contributed by atoms with E-state index in [2.05, 4.69) is 10.5 Å². The minimum absolute atomic E-state index is 0.0419. The summed E-state index contributed by atoms with van der Waals surface area (Å²) in [5.74, 6) is 0.545. The second-order valence-electron chi connectivity index (χ2n) is 6.80. The summed E-state index contributed by atoms with van der Waals surface area (Å²) in [4.78, 5) is 14.6. The fourth-order valence-corrected chi connectivity index (χ4v) is 3.82. The molecule has 1 amide bonds. The Kier molecular flexibility index (Phi) is 4.06. The molecule has 2 aromatic rings. The number of likely N-dealkylation sites (tertiary alicyclic amines) is 1. The van der Waals surface area contributed by atoms with Crippen molar-refractivity contribution in [2.75, 3.05) is 26.2 Å². The van der Waals surface area contributed by atoms with Gasteiger partial charge in [-0.25, -0.2) is 0 Å². The standard InChI is InChI=1S/C18H20ClN3O2/c19-14-3-1-13(2-4-14)16-11-15(21-24-16)17(23)22-9-6-18(7-10-22)5-8-20-12-18/h1-4,11,20H,5-10,12H2. The maximum absolute atomic E-state index is 12.7. The Bertz CT molecular complexity index is 725. The van der Waals surface area contributed by atoms with Crippen LogP contribution in [-0.4, -0.2) is 42.1 Å². The second kappa shape index (κ2) is 6.22. The molecule has 4 rings (SSSR count). The highest BCUT2D eigenvalue weighted by atomic mass is 35.5. The van der Waals surface area contributed by atoms with Crippen molar-refractivity contribution in [3.63, 3.8) is 0 Å². The fourth-order valence-electron chi connectivity index (χ4n) is 3.69. The smallest absolute Gasteiger partial charge is 0.276 e. The summed E-state index contributed by atoms with van der Waals surface area (Å²) in [7, 11) is 0. The van der Waals surface area contributed by atoms with Gasteiger partial charge < -0.3 is 14.7 Å². The summed E-state index contributed by atoms with van der Waals surface area (Å²) < 4.78 is 5.35. The Morgan fingerprint density at radius 1 is 1.21 bits per heavy atom. The molecule has 24 heavy (non-hydrogen) atoms. The van der Waals surface area contributed by atoms with Crippen LogP contribution < -0.4 is 5.32 Å². The first-order valence-corrected chi connectivity index (χ1v) is 8.76. The van der Waals surface area contributed by atoms with Crippen LogP contribution in [0.3, 0.4) is 0 Å². The van der Waals surface area contributed by atoms with Crippen LogP contribution in [0.5, 0.6) is 0 Å². The van der Waals surface area contributed by atoms with Crippen molar-refractivity contribution < 1.29 is 9.32 Å². The van der Waals surface area contributed by atoms with Crippen LogP contribution in [0.15, 0.2) is 34.9 Å². The average Bonchev–Trinajstić information content (AvgIpc) is 3.26. The van der Waals surface area contributed by atoms with Crippen molar-refractivity contribution in [1.29, 1.82) is 0 Å². The molecule has 0 unspecified atom stereocenters. The third-order valence-corrected chi connectivity index (χ3v) is 5.55. The van der Waals surface area contributed by atoms with Crippen LogP contribution in [0.2, 0.25) is 5.02 Å². The normalized spacial score (nSPS) is 19.8. The maximum Gasteiger partial charge on any atom is 0.276 e. The topological polar surface area (TPSA) is 58.4 Å². The third-order valence-electron chi connectivity index (χ3n) is 5.30. The van der Waals surface area contributed by atoms with E-state index in [-0.39, 0.29) is 5.91 Å². The van der Waals surface area contributed by atoms with Crippen LogP contribution in [0.4, 0.5) is 0 Å². The van der Waals surface area contributed by atoms with E-state index in [4.69, 9.17) is 16.1 Å². The SMILES string of the molecule is O=C(c1cc(-c2ccc(Cl)cc2)on1)N1CCC2(CCNC2)CC1. The van der Waals surface area contributed by atoms with Gasteiger partial charge in [0.2, 0.25) is 0 Å². The molecule has 5 nitrogen and oxygen atoms in total. The van der Waals surface area contributed by atoms with E-state index in [0.717, 1.165) is 44.6 Å². The molecule has 2 aliphatic heterocycles. The van der Waals surface area contributed by atoms with Gasteiger partial charge in [0, 0.05) is 36.3 Å². The molecule has 1 aromatic carbocycles. The van der Waals surface area contributed by atoms with E-state index in [1.165, 1.54) is 6.42 Å². The molecule has 0 atom stereocenters. The average molecular weight is 346 g/mol. The van der Waals surface area contributed by atoms with Crippen molar-refractivity contribution in [2.24, 2.45) is 5.41 Å². The zero-order valence-electron chi connectivity index (χ0n) is 13.4. The fraction of sp³-hybridized carbons (Fsp3) is 0.444. The van der Waals surface area contributed by atoms with E-state index >= 15 is 0 Å². The molecule has 126 valence electrons. The molecule has 0 bridgehead atoms. The van der Waals surface area contributed by atoms with E-state index < -0.39 is 0 Å². The van der Waals surface area contributed by atoms with Crippen molar-refractivity contribution in [1.82, 2.24) is 15.4 Å². The summed E-state index contributed by atoms with van der Waals surface area (Å²) in [5, 5.41) is 8.08. The van der Waals surface area contributed by atoms with E-state index in [1.54, 1.807) is 18.2 Å². The number of carbonyl (C=O) groups excluding carboxylic acids is 1. The van der Waals surface area contributed by atoms with Crippen molar-refractivity contribution in [3.8, 4) is 11.3 Å². The number of hydrogen-bond acceptors (Lipinski definition) is 4. The number of aromatic nitrogens is 1. The Hall–Kier alpha value is -1.85. The summed E-state index contributed by atoms with van der Waals surface area (Å²) in [6.45, 7) is 3.77. The molecular weight excluding hydrogens is 326 g/mol. The minimum Gasteiger partial charge on any atom is -0.355 e. The van der Waals surface area contributed by atoms with Crippen LogP contribution in [0.25, 0.3) is 11.3 Å². The molecule has 2 fully saturated rings. The van der Waals surface area contributed by atoms with Crippen LogP contribution >= 0.6 is 11.6 Å². The van der Waals surface area contributed by atoms with E-state index in [1.807, 2.05) is 17.0 Å². The first kappa shape index (κ1) is 15.7. The van der Waals surface area contributed by atoms with Gasteiger partial charge in [0.05, 0.1) is 0 Å². The number of benzene rings is 1. The number of amides is 1. The van der Waals surface area contributed by atoms with Gasteiger partial charge in [0.15, 0.2) is 11.5 Å². The first-order chi connectivity index (χ1) is 11.7. The number of halogens is 1. The summed E-state index contributed by atoms with van der Waals surface area (Å²) in [6.07, 6.45) is 3.35. The maximum atomic E-state index is 12.7. The molecule has 1 spiro atoms. The number of piperidine rings is 1.